The number of ketones is 1. The molecule has 2 bridgehead atoms. The summed E-state index contributed by atoms with van der Waals surface area (Å²) in [7, 11) is 0. The molecule has 0 saturated carbocycles. The lowest BCUT2D eigenvalue weighted by Crippen LogP contribution is -2.24. The smallest absolute Gasteiger partial charge is 0.177 e. The van der Waals surface area contributed by atoms with Crippen molar-refractivity contribution in [1.82, 2.24) is 9.80 Å². The van der Waals surface area contributed by atoms with Crippen LogP contribution in [0.25, 0.3) is 0 Å². The molecule has 0 aromatic heterocycles. The molecule has 1 unspecified atom stereocenters. The molecule has 3 nitrogen and oxygen atoms in total. The van der Waals surface area contributed by atoms with Gasteiger partial charge in [-0.1, -0.05) is 30.3 Å². The third kappa shape index (κ3) is 1.24. The average Bonchev–Trinajstić information content (AvgIpc) is 2.87. The van der Waals surface area contributed by atoms with Crippen molar-refractivity contribution in [2.75, 3.05) is 13.1 Å². The minimum atomic E-state index is 0.156. The zero-order valence-electron chi connectivity index (χ0n) is 9.26. The minimum Gasteiger partial charge on any atom is -0.350 e. The van der Waals surface area contributed by atoms with E-state index < -0.39 is 0 Å². The van der Waals surface area contributed by atoms with Gasteiger partial charge in [-0.15, -0.1) is 0 Å². The number of hydrogen-bond acceptors (Lipinski definition) is 3. The van der Waals surface area contributed by atoms with Crippen molar-refractivity contribution in [3.05, 3.63) is 47.8 Å². The second kappa shape index (κ2) is 3.37. The first-order valence-corrected chi connectivity index (χ1v) is 5.57. The molecule has 1 aromatic carbocycles. The first-order valence-electron chi connectivity index (χ1n) is 5.57. The molecule has 82 valence electrons. The molecule has 2 aliphatic heterocycles. The van der Waals surface area contributed by atoms with Crippen molar-refractivity contribution >= 4 is 5.78 Å². The van der Waals surface area contributed by atoms with Crippen LogP contribution in [-0.4, -0.2) is 28.7 Å². The highest BCUT2D eigenvalue weighted by Gasteiger charge is 2.39. The van der Waals surface area contributed by atoms with Crippen LogP contribution in [-0.2, 0) is 4.79 Å². The largest absolute Gasteiger partial charge is 0.350 e. The molecule has 0 amide bonds. The number of Topliss-reactive ketones (excluding diaryl/α,β-unsaturated/α-hetero) is 1. The van der Waals surface area contributed by atoms with Gasteiger partial charge in [0.1, 0.15) is 6.17 Å². The van der Waals surface area contributed by atoms with Gasteiger partial charge in [0, 0.05) is 26.2 Å². The van der Waals surface area contributed by atoms with Gasteiger partial charge >= 0.3 is 0 Å². The van der Waals surface area contributed by atoms with Crippen LogP contribution >= 0.6 is 0 Å². The summed E-state index contributed by atoms with van der Waals surface area (Å²) in [6, 6.07) is 10.3. The van der Waals surface area contributed by atoms with Gasteiger partial charge in [-0.25, -0.2) is 0 Å². The number of benzene rings is 1. The van der Waals surface area contributed by atoms with Gasteiger partial charge in [0.15, 0.2) is 5.78 Å². The Bertz CT molecular complexity index is 452. The fourth-order valence-corrected chi connectivity index (χ4v) is 2.56. The molecule has 3 heteroatoms. The Kier molecular flexibility index (Phi) is 1.99. The van der Waals surface area contributed by atoms with Gasteiger partial charge in [0.2, 0.25) is 0 Å². The van der Waals surface area contributed by atoms with Gasteiger partial charge in [0.05, 0.1) is 5.70 Å². The first-order chi connectivity index (χ1) is 7.77. The number of carbonyl (C=O) groups excluding carboxylic acids is 1. The topological polar surface area (TPSA) is 23.6 Å². The van der Waals surface area contributed by atoms with Crippen LogP contribution in [0.15, 0.2) is 42.2 Å². The molecule has 3 rings (SSSR count). The van der Waals surface area contributed by atoms with Crippen molar-refractivity contribution in [3.8, 4) is 0 Å². The second-order valence-electron chi connectivity index (χ2n) is 4.29. The van der Waals surface area contributed by atoms with E-state index in [1.807, 2.05) is 24.4 Å². The highest BCUT2D eigenvalue weighted by molar-refractivity contribution is 5.93. The monoisotopic (exact) mass is 214 g/mol. The summed E-state index contributed by atoms with van der Waals surface area (Å²) in [4.78, 5) is 15.9. The number of nitrogens with zero attached hydrogens (tertiary/aromatic N) is 2. The van der Waals surface area contributed by atoms with E-state index in [0.717, 1.165) is 18.8 Å². The maximum Gasteiger partial charge on any atom is 0.177 e. The van der Waals surface area contributed by atoms with E-state index in [4.69, 9.17) is 0 Å². The molecule has 1 aromatic rings. The van der Waals surface area contributed by atoms with E-state index in [0.29, 0.717) is 0 Å². The van der Waals surface area contributed by atoms with Crippen LogP contribution in [0.5, 0.6) is 0 Å². The SMILES string of the molecule is CC(=O)C1=CN2CCN1C2c1ccccc1. The average molecular weight is 214 g/mol. The molecular formula is C13H14N2O. The molecule has 2 heterocycles. The van der Waals surface area contributed by atoms with Crippen LogP contribution in [0, 0.1) is 0 Å². The number of carbonyl (C=O) groups is 1. The fourth-order valence-electron chi connectivity index (χ4n) is 2.56. The first kappa shape index (κ1) is 9.46. The molecule has 0 N–H and O–H groups in total. The Hall–Kier alpha value is -1.77. The van der Waals surface area contributed by atoms with E-state index >= 15 is 0 Å². The molecule has 16 heavy (non-hydrogen) atoms. The van der Waals surface area contributed by atoms with Crippen molar-refractivity contribution in [2.24, 2.45) is 0 Å². The summed E-state index contributed by atoms with van der Waals surface area (Å²) in [6.07, 6.45) is 2.23. The number of fused-ring (bicyclic) bond motifs is 2. The molecule has 0 spiro atoms. The summed E-state index contributed by atoms with van der Waals surface area (Å²) in [5.41, 5.74) is 2.10. The van der Waals surface area contributed by atoms with Gasteiger partial charge in [0.25, 0.3) is 0 Å². The van der Waals surface area contributed by atoms with Gasteiger partial charge in [-0.2, -0.15) is 0 Å². The zero-order chi connectivity index (χ0) is 11.1. The lowest BCUT2D eigenvalue weighted by molar-refractivity contribution is -0.115. The molecule has 1 atom stereocenters. The quantitative estimate of drug-likeness (QED) is 0.749. The Morgan fingerprint density at radius 1 is 1.25 bits per heavy atom. The number of allylic oxidation sites excluding steroid dienone is 1. The minimum absolute atomic E-state index is 0.156. The third-order valence-electron chi connectivity index (χ3n) is 3.26. The van der Waals surface area contributed by atoms with Crippen molar-refractivity contribution in [1.29, 1.82) is 0 Å². The van der Waals surface area contributed by atoms with Crippen molar-refractivity contribution < 1.29 is 4.79 Å². The van der Waals surface area contributed by atoms with E-state index in [2.05, 4.69) is 21.9 Å². The summed E-state index contributed by atoms with van der Waals surface area (Å²) in [6.45, 7) is 3.59. The van der Waals surface area contributed by atoms with Crippen LogP contribution in [0.2, 0.25) is 0 Å². The Balaban J connectivity index is 1.95. The summed E-state index contributed by atoms with van der Waals surface area (Å²) in [5, 5.41) is 0. The Morgan fingerprint density at radius 3 is 2.62 bits per heavy atom. The lowest BCUT2D eigenvalue weighted by atomic mass is 10.1. The summed E-state index contributed by atoms with van der Waals surface area (Å²) < 4.78 is 0. The van der Waals surface area contributed by atoms with E-state index in [9.17, 15) is 4.79 Å². The number of rotatable bonds is 2. The molecule has 2 aliphatic rings. The standard InChI is InChI=1S/C13H14N2O/c1-10(16)12-9-14-7-8-15(12)13(14)11-5-3-2-4-6-11/h2-6,9,13H,7-8H2,1H3. The lowest BCUT2D eigenvalue weighted by Gasteiger charge is -2.23. The Morgan fingerprint density at radius 2 is 2.00 bits per heavy atom. The van der Waals surface area contributed by atoms with E-state index in [1.54, 1.807) is 6.92 Å². The van der Waals surface area contributed by atoms with Gasteiger partial charge in [-0.05, 0) is 5.56 Å². The molecule has 1 saturated heterocycles. The zero-order valence-corrected chi connectivity index (χ0v) is 9.26. The predicted molar refractivity (Wildman–Crippen MR) is 61.4 cm³/mol. The van der Waals surface area contributed by atoms with Crippen molar-refractivity contribution in [2.45, 2.75) is 13.1 Å². The maximum atomic E-state index is 11.5. The van der Waals surface area contributed by atoms with Crippen LogP contribution in [0.3, 0.4) is 0 Å². The Labute approximate surface area is 95.0 Å². The van der Waals surface area contributed by atoms with Gasteiger partial charge in [-0.3, -0.25) is 4.79 Å². The maximum absolute atomic E-state index is 11.5. The predicted octanol–water partition coefficient (Wildman–Crippen LogP) is 1.75. The van der Waals surface area contributed by atoms with E-state index in [1.165, 1.54) is 5.56 Å². The normalized spacial score (nSPS) is 22.6. The fraction of sp³-hybridized carbons (Fsp3) is 0.308. The second-order valence-corrected chi connectivity index (χ2v) is 4.29. The third-order valence-corrected chi connectivity index (χ3v) is 3.26. The molecule has 0 radical (unpaired) electrons. The van der Waals surface area contributed by atoms with Crippen LogP contribution in [0.1, 0.15) is 18.7 Å². The summed E-state index contributed by atoms with van der Waals surface area (Å²) in [5.74, 6) is 0.156. The summed E-state index contributed by atoms with van der Waals surface area (Å²) >= 11 is 0. The van der Waals surface area contributed by atoms with Gasteiger partial charge < -0.3 is 9.80 Å². The molecule has 1 fully saturated rings. The number of hydrogen-bond donors (Lipinski definition) is 0. The van der Waals surface area contributed by atoms with Crippen molar-refractivity contribution in [3.63, 3.8) is 0 Å². The highest BCUT2D eigenvalue weighted by atomic mass is 16.1. The van der Waals surface area contributed by atoms with E-state index in [-0.39, 0.29) is 11.9 Å². The highest BCUT2D eigenvalue weighted by Crippen LogP contribution is 2.39. The van der Waals surface area contributed by atoms with Crippen LogP contribution in [0.4, 0.5) is 0 Å². The van der Waals surface area contributed by atoms with Crippen LogP contribution < -0.4 is 0 Å². The molecule has 0 aliphatic carbocycles. The molecular weight excluding hydrogens is 200 g/mol.